The zero-order valence-electron chi connectivity index (χ0n) is 13.7. The quantitative estimate of drug-likeness (QED) is 0.337. The van der Waals surface area contributed by atoms with E-state index in [4.69, 9.17) is 52.1 Å². The van der Waals surface area contributed by atoms with Crippen LogP contribution in [-0.2, 0) is 4.74 Å². The van der Waals surface area contributed by atoms with Crippen LogP contribution in [0.4, 0.5) is 27.5 Å². The summed E-state index contributed by atoms with van der Waals surface area (Å²) in [6.07, 6.45) is -0.846. The number of nitro groups is 2. The van der Waals surface area contributed by atoms with E-state index in [1.165, 1.54) is 24.3 Å². The number of methoxy groups -OCH3 is 1. The zero-order valence-corrected chi connectivity index (χ0v) is 16.8. The number of anilines is 2. The minimum Gasteiger partial charge on any atom is -0.453 e. The smallest absolute Gasteiger partial charge is 0.411 e. The first-order valence-electron chi connectivity index (χ1n) is 6.85. The summed E-state index contributed by atoms with van der Waals surface area (Å²) in [6, 6.07) is 4.98. The maximum Gasteiger partial charge on any atom is 0.411 e. The van der Waals surface area contributed by atoms with Gasteiger partial charge in [-0.25, -0.2) is 4.79 Å². The molecule has 150 valence electrons. The van der Waals surface area contributed by atoms with Crippen LogP contribution in [0.3, 0.4) is 0 Å². The molecule has 0 saturated heterocycles. The number of nitrogens with one attached hydrogen (secondary N) is 1. The van der Waals surface area contributed by atoms with Crippen molar-refractivity contribution in [3.05, 3.63) is 64.6 Å². The highest BCUT2D eigenvalue weighted by Crippen LogP contribution is 2.36. The summed E-state index contributed by atoms with van der Waals surface area (Å²) in [5, 5.41) is 23.4. The lowest BCUT2D eigenvalue weighted by Crippen LogP contribution is -2.12. The van der Waals surface area contributed by atoms with Gasteiger partial charge < -0.3 is 10.5 Å². The molecule has 0 saturated carbocycles. The number of halogens is 4. The maximum absolute atomic E-state index is 10.9. The van der Waals surface area contributed by atoms with Crippen molar-refractivity contribution in [2.75, 3.05) is 18.2 Å². The van der Waals surface area contributed by atoms with Gasteiger partial charge in [-0.15, -0.1) is 0 Å². The molecular weight excluding hydrogens is 462 g/mol. The number of amides is 1. The van der Waals surface area contributed by atoms with Crippen LogP contribution in [0.5, 0.6) is 0 Å². The summed E-state index contributed by atoms with van der Waals surface area (Å²) in [5.74, 6) is 0. The Balaban J connectivity index is 0.000000292. The number of hydrogen-bond acceptors (Lipinski definition) is 7. The van der Waals surface area contributed by atoms with Crippen LogP contribution in [0.2, 0.25) is 20.1 Å². The fraction of sp³-hybridized carbons (Fsp3) is 0.0714. The van der Waals surface area contributed by atoms with Crippen molar-refractivity contribution in [2.24, 2.45) is 0 Å². The molecule has 0 aliphatic carbocycles. The minimum atomic E-state index is -0.846. The van der Waals surface area contributed by atoms with E-state index in [0.717, 1.165) is 7.11 Å². The summed E-state index contributed by atoms with van der Waals surface area (Å²) in [6.45, 7) is 0. The molecule has 28 heavy (non-hydrogen) atoms. The van der Waals surface area contributed by atoms with Crippen LogP contribution in [0.25, 0.3) is 0 Å². The zero-order chi connectivity index (χ0) is 21.6. The Morgan fingerprint density at radius 2 is 1.43 bits per heavy atom. The molecule has 0 aliphatic heterocycles. The molecular formula is C14H10Cl4N4O6. The Morgan fingerprint density at radius 1 is 0.964 bits per heavy atom. The molecule has 0 radical (unpaired) electrons. The number of hydrogen-bond donors (Lipinski definition) is 2. The molecule has 0 spiro atoms. The molecule has 14 heteroatoms. The van der Waals surface area contributed by atoms with Gasteiger partial charge in [-0.3, -0.25) is 25.5 Å². The third-order valence-electron chi connectivity index (χ3n) is 2.87. The van der Waals surface area contributed by atoms with Crippen LogP contribution in [-0.4, -0.2) is 23.0 Å². The Labute approximate surface area is 177 Å². The molecule has 2 rings (SSSR count). The first kappa shape index (κ1) is 23.5. The van der Waals surface area contributed by atoms with E-state index in [9.17, 15) is 25.0 Å². The van der Waals surface area contributed by atoms with Crippen molar-refractivity contribution in [1.82, 2.24) is 0 Å². The number of nitro benzene ring substituents is 2. The molecule has 0 heterocycles. The number of nitrogens with zero attached hydrogens (tertiary/aromatic N) is 2. The average Bonchev–Trinajstić information content (AvgIpc) is 2.52. The summed E-state index contributed by atoms with van der Waals surface area (Å²) in [4.78, 5) is 30.6. The fourth-order valence-corrected chi connectivity index (χ4v) is 2.93. The Bertz CT molecular complexity index is 917. The van der Waals surface area contributed by atoms with Crippen molar-refractivity contribution in [3.63, 3.8) is 0 Å². The molecule has 2 aromatic carbocycles. The Morgan fingerprint density at radius 3 is 1.86 bits per heavy atom. The van der Waals surface area contributed by atoms with Gasteiger partial charge in [0.1, 0.15) is 21.4 Å². The maximum atomic E-state index is 10.9. The van der Waals surface area contributed by atoms with Crippen LogP contribution >= 0.6 is 46.4 Å². The fourth-order valence-electron chi connectivity index (χ4n) is 1.79. The third kappa shape index (κ3) is 6.27. The van der Waals surface area contributed by atoms with Crippen LogP contribution < -0.4 is 11.1 Å². The summed E-state index contributed by atoms with van der Waals surface area (Å²) < 4.78 is 4.31. The number of nitrogen functional groups attached to an aromatic ring is 1. The summed E-state index contributed by atoms with van der Waals surface area (Å²) >= 11 is 22.4. The molecule has 0 bridgehead atoms. The number of benzene rings is 2. The van der Waals surface area contributed by atoms with Gasteiger partial charge in [-0.05, 0) is 24.3 Å². The van der Waals surface area contributed by atoms with Crippen molar-refractivity contribution < 1.29 is 19.4 Å². The molecule has 0 fully saturated rings. The van der Waals surface area contributed by atoms with Gasteiger partial charge in [0.05, 0.1) is 17.0 Å². The first-order valence-corrected chi connectivity index (χ1v) is 8.36. The normalized spacial score (nSPS) is 9.75. The van der Waals surface area contributed by atoms with Gasteiger partial charge in [-0.2, -0.15) is 0 Å². The van der Waals surface area contributed by atoms with E-state index >= 15 is 0 Å². The van der Waals surface area contributed by atoms with E-state index in [1.54, 1.807) is 0 Å². The lowest BCUT2D eigenvalue weighted by Gasteiger charge is -2.06. The second-order valence-electron chi connectivity index (χ2n) is 4.74. The minimum absolute atomic E-state index is 0.0301. The number of rotatable bonds is 3. The van der Waals surface area contributed by atoms with Crippen LogP contribution in [0.15, 0.2) is 24.3 Å². The summed E-state index contributed by atoms with van der Waals surface area (Å²) in [7, 11) is 1.13. The van der Waals surface area contributed by atoms with Crippen molar-refractivity contribution in [2.45, 2.75) is 0 Å². The number of ether oxygens (including phenoxy) is 1. The van der Waals surface area contributed by atoms with Gasteiger partial charge in [-0.1, -0.05) is 46.4 Å². The Kier molecular flexibility index (Phi) is 8.51. The van der Waals surface area contributed by atoms with E-state index in [0.29, 0.717) is 0 Å². The van der Waals surface area contributed by atoms with E-state index < -0.39 is 21.6 Å². The highest BCUT2D eigenvalue weighted by atomic mass is 35.5. The van der Waals surface area contributed by atoms with E-state index in [-0.39, 0.29) is 37.2 Å². The average molecular weight is 472 g/mol. The highest BCUT2D eigenvalue weighted by molar-refractivity contribution is 6.37. The topological polar surface area (TPSA) is 151 Å². The van der Waals surface area contributed by atoms with Crippen LogP contribution in [0, 0.1) is 20.2 Å². The monoisotopic (exact) mass is 470 g/mol. The van der Waals surface area contributed by atoms with Crippen molar-refractivity contribution >= 4 is 75.2 Å². The number of carbonyl (C=O) groups is 1. The van der Waals surface area contributed by atoms with Gasteiger partial charge in [0.2, 0.25) is 0 Å². The molecule has 1 amide bonds. The van der Waals surface area contributed by atoms with Gasteiger partial charge >= 0.3 is 17.5 Å². The molecule has 0 aliphatic rings. The predicted octanol–water partition coefficient (Wildman–Crippen LogP) is 5.56. The highest BCUT2D eigenvalue weighted by Gasteiger charge is 2.21. The van der Waals surface area contributed by atoms with Gasteiger partial charge in [0.15, 0.2) is 0 Å². The van der Waals surface area contributed by atoms with E-state index in [2.05, 4.69) is 10.1 Å². The lowest BCUT2D eigenvalue weighted by molar-refractivity contribution is -0.383. The second-order valence-corrected chi connectivity index (χ2v) is 6.43. The lowest BCUT2D eigenvalue weighted by atomic mass is 10.2. The largest absolute Gasteiger partial charge is 0.453 e. The first-order chi connectivity index (χ1) is 13.0. The molecule has 0 atom stereocenters. The molecule has 0 aromatic heterocycles. The molecule has 2 aromatic rings. The Hall–Kier alpha value is -2.53. The van der Waals surface area contributed by atoms with Crippen LogP contribution in [0.1, 0.15) is 0 Å². The molecule has 0 unspecified atom stereocenters. The molecule has 3 N–H and O–H groups in total. The van der Waals surface area contributed by atoms with Crippen molar-refractivity contribution in [1.29, 1.82) is 0 Å². The van der Waals surface area contributed by atoms with Crippen molar-refractivity contribution in [3.8, 4) is 0 Å². The second kappa shape index (κ2) is 10.1. The predicted molar refractivity (Wildman–Crippen MR) is 107 cm³/mol. The standard InChI is InChI=1S/C8H6Cl2N2O4.C6H4Cl2N2O2/c1-16-8(13)11-6-3-4(9)2-5(10)7(6)12(14)15;7-3-1-4(8)6(10(11)12)5(9)2-3/h2-3H,1H3,(H,11,13);1-2H,9H2. The molecule has 10 nitrogen and oxygen atoms in total. The number of nitrogens with two attached hydrogens (primary N) is 1. The summed E-state index contributed by atoms with van der Waals surface area (Å²) in [5.41, 5.74) is 4.43. The van der Waals surface area contributed by atoms with Gasteiger partial charge in [0.25, 0.3) is 0 Å². The van der Waals surface area contributed by atoms with Gasteiger partial charge in [0, 0.05) is 10.0 Å². The third-order valence-corrected chi connectivity index (χ3v) is 3.89. The van der Waals surface area contributed by atoms with E-state index in [1.807, 2.05) is 0 Å². The SMILES string of the molecule is COC(=O)Nc1cc(Cl)cc(Cl)c1[N+](=O)[O-].Nc1cc(Cl)cc(Cl)c1[N+](=O)[O-]. The number of carbonyl (C=O) groups excluding carboxylic acids is 1.